The smallest absolute Gasteiger partial charge is 0.162 e. The Kier molecular flexibility index (Phi) is 4.68. The van der Waals surface area contributed by atoms with Crippen molar-refractivity contribution in [1.82, 2.24) is 0 Å². The standard InChI is InChI=1S/C14H9Br2F3/c15-9-4-5-12(17)10(7-9)11(16)6-8-2-1-3-13(18)14(8)19/h1-5,7,11H,6H2. The van der Waals surface area contributed by atoms with E-state index in [1.165, 1.54) is 18.2 Å². The van der Waals surface area contributed by atoms with Gasteiger partial charge in [-0.1, -0.05) is 44.0 Å². The van der Waals surface area contributed by atoms with E-state index in [0.717, 1.165) is 10.5 Å². The lowest BCUT2D eigenvalue weighted by Crippen LogP contribution is -2.02. The molecule has 1 unspecified atom stereocenters. The molecular formula is C14H9Br2F3. The fourth-order valence-electron chi connectivity index (χ4n) is 1.76. The molecule has 0 aliphatic heterocycles. The molecule has 19 heavy (non-hydrogen) atoms. The van der Waals surface area contributed by atoms with E-state index >= 15 is 0 Å². The second-order valence-corrected chi connectivity index (χ2v) is 6.07. The molecule has 0 fully saturated rings. The molecule has 0 N–H and O–H groups in total. The van der Waals surface area contributed by atoms with Crippen LogP contribution in [0.1, 0.15) is 16.0 Å². The van der Waals surface area contributed by atoms with Crippen LogP contribution in [0.4, 0.5) is 13.2 Å². The van der Waals surface area contributed by atoms with Gasteiger partial charge < -0.3 is 0 Å². The van der Waals surface area contributed by atoms with Crippen LogP contribution >= 0.6 is 31.9 Å². The molecule has 0 bridgehead atoms. The topological polar surface area (TPSA) is 0 Å². The van der Waals surface area contributed by atoms with Gasteiger partial charge in [-0.15, -0.1) is 0 Å². The van der Waals surface area contributed by atoms with Crippen molar-refractivity contribution < 1.29 is 13.2 Å². The van der Waals surface area contributed by atoms with Gasteiger partial charge in [0.1, 0.15) is 5.82 Å². The summed E-state index contributed by atoms with van der Waals surface area (Å²) < 4.78 is 41.1. The molecule has 1 atom stereocenters. The van der Waals surface area contributed by atoms with Gasteiger partial charge in [-0.25, -0.2) is 13.2 Å². The van der Waals surface area contributed by atoms with Gasteiger partial charge >= 0.3 is 0 Å². The van der Waals surface area contributed by atoms with Crippen molar-refractivity contribution in [3.05, 3.63) is 69.4 Å². The summed E-state index contributed by atoms with van der Waals surface area (Å²) in [6, 6.07) is 8.51. The highest BCUT2D eigenvalue weighted by Crippen LogP contribution is 2.31. The second-order valence-electron chi connectivity index (χ2n) is 4.05. The van der Waals surface area contributed by atoms with E-state index in [1.54, 1.807) is 12.1 Å². The Hall–Kier alpha value is -0.810. The van der Waals surface area contributed by atoms with Crippen LogP contribution in [0.3, 0.4) is 0 Å². The van der Waals surface area contributed by atoms with Crippen molar-refractivity contribution in [2.75, 3.05) is 0 Å². The largest absolute Gasteiger partial charge is 0.207 e. The minimum absolute atomic E-state index is 0.164. The van der Waals surface area contributed by atoms with Crippen LogP contribution in [-0.2, 0) is 6.42 Å². The number of alkyl halides is 1. The summed E-state index contributed by atoms with van der Waals surface area (Å²) in [5.41, 5.74) is 0.610. The highest BCUT2D eigenvalue weighted by molar-refractivity contribution is 9.10. The molecule has 0 radical (unpaired) electrons. The first-order chi connectivity index (χ1) is 8.99. The molecule has 0 saturated heterocycles. The van der Waals surface area contributed by atoms with E-state index in [9.17, 15) is 13.2 Å². The van der Waals surface area contributed by atoms with Crippen molar-refractivity contribution in [3.8, 4) is 0 Å². The van der Waals surface area contributed by atoms with Crippen LogP contribution < -0.4 is 0 Å². The Morgan fingerprint density at radius 3 is 2.47 bits per heavy atom. The lowest BCUT2D eigenvalue weighted by molar-refractivity contribution is 0.498. The molecule has 0 spiro atoms. The number of rotatable bonds is 3. The number of halogens is 5. The summed E-state index contributed by atoms with van der Waals surface area (Å²) in [5, 5.41) is 0. The van der Waals surface area contributed by atoms with Gasteiger partial charge in [0.05, 0.1) is 0 Å². The summed E-state index contributed by atoms with van der Waals surface area (Å²) in [6.07, 6.45) is 0.164. The zero-order valence-corrected chi connectivity index (χ0v) is 12.8. The molecule has 0 aliphatic carbocycles. The lowest BCUT2D eigenvalue weighted by Gasteiger charge is -2.12. The zero-order valence-electron chi connectivity index (χ0n) is 9.64. The number of hydrogen-bond donors (Lipinski definition) is 0. The predicted molar refractivity (Wildman–Crippen MR) is 75.8 cm³/mol. The van der Waals surface area contributed by atoms with Crippen LogP contribution in [-0.4, -0.2) is 0 Å². The Bertz CT molecular complexity index is 599. The lowest BCUT2D eigenvalue weighted by atomic mass is 10.0. The molecule has 2 rings (SSSR count). The van der Waals surface area contributed by atoms with Crippen LogP contribution in [0.5, 0.6) is 0 Å². The first kappa shape index (κ1) is 14.6. The predicted octanol–water partition coefficient (Wildman–Crippen LogP) is 5.55. The molecule has 0 saturated carbocycles. The summed E-state index contributed by atoms with van der Waals surface area (Å²) in [4.78, 5) is -0.429. The van der Waals surface area contributed by atoms with E-state index in [0.29, 0.717) is 5.56 Å². The molecule has 2 aromatic carbocycles. The van der Waals surface area contributed by atoms with Gasteiger partial charge in [0, 0.05) is 14.9 Å². The molecule has 0 aromatic heterocycles. The van der Waals surface area contributed by atoms with Gasteiger partial charge in [-0.05, 0) is 36.2 Å². The Labute approximate surface area is 125 Å². The normalized spacial score (nSPS) is 12.5. The molecule has 2 aromatic rings. The minimum Gasteiger partial charge on any atom is -0.207 e. The molecular weight excluding hydrogens is 385 g/mol. The molecule has 0 heterocycles. The first-order valence-electron chi connectivity index (χ1n) is 5.51. The van der Waals surface area contributed by atoms with Crippen molar-refractivity contribution in [3.63, 3.8) is 0 Å². The van der Waals surface area contributed by atoms with E-state index in [4.69, 9.17) is 0 Å². The third-order valence-corrected chi connectivity index (χ3v) is 4.04. The molecule has 0 nitrogen and oxygen atoms in total. The molecule has 100 valence electrons. The van der Waals surface area contributed by atoms with E-state index in [2.05, 4.69) is 31.9 Å². The number of benzene rings is 2. The highest BCUT2D eigenvalue weighted by Gasteiger charge is 2.17. The van der Waals surface area contributed by atoms with Gasteiger partial charge in [0.2, 0.25) is 0 Å². The van der Waals surface area contributed by atoms with E-state index < -0.39 is 16.5 Å². The van der Waals surface area contributed by atoms with Gasteiger partial charge in [-0.2, -0.15) is 0 Å². The Morgan fingerprint density at radius 1 is 1.00 bits per heavy atom. The third kappa shape index (κ3) is 3.39. The fraction of sp³-hybridized carbons (Fsp3) is 0.143. The quantitative estimate of drug-likeness (QED) is 0.600. The number of hydrogen-bond acceptors (Lipinski definition) is 0. The average Bonchev–Trinajstić information content (AvgIpc) is 2.38. The van der Waals surface area contributed by atoms with Crippen molar-refractivity contribution in [1.29, 1.82) is 0 Å². The third-order valence-electron chi connectivity index (χ3n) is 2.73. The van der Waals surface area contributed by atoms with Crippen molar-refractivity contribution >= 4 is 31.9 Å². The summed E-state index contributed by atoms with van der Waals surface area (Å²) in [7, 11) is 0. The minimum atomic E-state index is -0.896. The first-order valence-corrected chi connectivity index (χ1v) is 7.22. The SMILES string of the molecule is Fc1ccc(Br)cc1C(Br)Cc1cccc(F)c1F. The Morgan fingerprint density at radius 2 is 1.74 bits per heavy atom. The average molecular weight is 394 g/mol. The Balaban J connectivity index is 2.28. The summed E-state index contributed by atoms with van der Waals surface area (Å²) in [5.74, 6) is -2.17. The van der Waals surface area contributed by atoms with E-state index in [-0.39, 0.29) is 17.8 Å². The molecule has 0 aliphatic rings. The van der Waals surface area contributed by atoms with E-state index in [1.807, 2.05) is 0 Å². The van der Waals surface area contributed by atoms with Crippen molar-refractivity contribution in [2.24, 2.45) is 0 Å². The summed E-state index contributed by atoms with van der Waals surface area (Å²) in [6.45, 7) is 0. The van der Waals surface area contributed by atoms with Crippen LogP contribution in [0.15, 0.2) is 40.9 Å². The maximum Gasteiger partial charge on any atom is 0.162 e. The second kappa shape index (κ2) is 6.09. The highest BCUT2D eigenvalue weighted by atomic mass is 79.9. The monoisotopic (exact) mass is 392 g/mol. The van der Waals surface area contributed by atoms with Crippen LogP contribution in [0, 0.1) is 17.5 Å². The molecule has 5 heteroatoms. The van der Waals surface area contributed by atoms with Crippen LogP contribution in [0.25, 0.3) is 0 Å². The zero-order chi connectivity index (χ0) is 14.0. The maximum atomic E-state index is 13.7. The van der Waals surface area contributed by atoms with Crippen molar-refractivity contribution in [2.45, 2.75) is 11.2 Å². The van der Waals surface area contributed by atoms with Crippen LogP contribution in [0.2, 0.25) is 0 Å². The fourth-order valence-corrected chi connectivity index (χ4v) is 2.84. The molecule has 0 amide bonds. The van der Waals surface area contributed by atoms with Gasteiger partial charge in [0.15, 0.2) is 11.6 Å². The summed E-state index contributed by atoms with van der Waals surface area (Å²) >= 11 is 6.57. The van der Waals surface area contributed by atoms with Gasteiger partial charge in [0.25, 0.3) is 0 Å². The van der Waals surface area contributed by atoms with Gasteiger partial charge in [-0.3, -0.25) is 0 Å². The maximum absolute atomic E-state index is 13.7.